The van der Waals surface area contributed by atoms with Gasteiger partial charge in [-0.15, -0.1) is 17.0 Å². The number of carbonyl (C=O) groups is 1. The van der Waals surface area contributed by atoms with Crippen LogP contribution < -0.4 is 0 Å². The van der Waals surface area contributed by atoms with Crippen LogP contribution in [0.3, 0.4) is 0 Å². The Morgan fingerprint density at radius 3 is 2.65 bits per heavy atom. The normalized spacial score (nSPS) is 16.5. The third-order valence-electron chi connectivity index (χ3n) is 3.02. The lowest BCUT2D eigenvalue weighted by atomic mass is 10.1. The molecule has 5 nitrogen and oxygen atoms in total. The Hall–Kier alpha value is -0.880. The minimum atomic E-state index is -1.01. The standard InChI is InChI=1S/C11H16N2O3.BrH/c1-8-9(10(11(14)15)12-16-8)7-13-5-3-2-4-6-13;/h2-7H2,1H3,(H,14,15);1H. The molecular weight excluding hydrogens is 288 g/mol. The fourth-order valence-electron chi connectivity index (χ4n) is 2.09. The van der Waals surface area contributed by atoms with Gasteiger partial charge in [-0.2, -0.15) is 0 Å². The van der Waals surface area contributed by atoms with Gasteiger partial charge < -0.3 is 9.63 Å². The molecule has 1 aromatic rings. The van der Waals surface area contributed by atoms with Crippen LogP contribution >= 0.6 is 17.0 Å². The molecule has 0 aliphatic carbocycles. The van der Waals surface area contributed by atoms with Gasteiger partial charge in [0, 0.05) is 12.1 Å². The quantitative estimate of drug-likeness (QED) is 0.927. The second kappa shape index (κ2) is 6.16. The smallest absolute Gasteiger partial charge is 0.358 e. The molecule has 17 heavy (non-hydrogen) atoms. The minimum absolute atomic E-state index is 0. The van der Waals surface area contributed by atoms with E-state index in [1.165, 1.54) is 19.3 Å². The molecule has 0 radical (unpaired) electrons. The third-order valence-corrected chi connectivity index (χ3v) is 3.02. The molecule has 1 N–H and O–H groups in total. The summed E-state index contributed by atoms with van der Waals surface area (Å²) in [7, 11) is 0. The number of hydrogen-bond donors (Lipinski definition) is 1. The van der Waals surface area contributed by atoms with E-state index in [0.717, 1.165) is 18.7 Å². The number of halogens is 1. The summed E-state index contributed by atoms with van der Waals surface area (Å²) in [5, 5.41) is 12.5. The van der Waals surface area contributed by atoms with Gasteiger partial charge in [0.1, 0.15) is 5.76 Å². The van der Waals surface area contributed by atoms with Gasteiger partial charge in [-0.1, -0.05) is 11.6 Å². The molecule has 1 fully saturated rings. The number of aryl methyl sites for hydroxylation is 1. The largest absolute Gasteiger partial charge is 0.476 e. The van der Waals surface area contributed by atoms with Gasteiger partial charge in [0.2, 0.25) is 0 Å². The van der Waals surface area contributed by atoms with Crippen molar-refractivity contribution >= 4 is 23.0 Å². The molecule has 0 spiro atoms. The van der Waals surface area contributed by atoms with E-state index in [9.17, 15) is 4.79 Å². The predicted molar refractivity (Wildman–Crippen MR) is 67.6 cm³/mol. The third kappa shape index (κ3) is 3.29. The fraction of sp³-hybridized carbons (Fsp3) is 0.636. The second-order valence-electron chi connectivity index (χ2n) is 4.21. The van der Waals surface area contributed by atoms with Crippen molar-refractivity contribution in [3.05, 3.63) is 17.0 Å². The molecule has 0 aromatic carbocycles. The van der Waals surface area contributed by atoms with E-state index in [-0.39, 0.29) is 22.7 Å². The van der Waals surface area contributed by atoms with Crippen LogP contribution in [0.1, 0.15) is 41.1 Å². The molecule has 0 unspecified atom stereocenters. The van der Waals surface area contributed by atoms with Crippen molar-refractivity contribution < 1.29 is 14.4 Å². The second-order valence-corrected chi connectivity index (χ2v) is 4.21. The molecule has 1 aliphatic rings. The highest BCUT2D eigenvalue weighted by Crippen LogP contribution is 2.18. The lowest BCUT2D eigenvalue weighted by Crippen LogP contribution is -2.29. The Kier molecular flexibility index (Phi) is 5.14. The van der Waals surface area contributed by atoms with E-state index in [1.54, 1.807) is 6.92 Å². The van der Waals surface area contributed by atoms with Gasteiger partial charge in [-0.25, -0.2) is 4.79 Å². The Bertz CT molecular complexity index is 386. The highest BCUT2D eigenvalue weighted by Gasteiger charge is 2.21. The molecule has 0 bridgehead atoms. The number of piperidine rings is 1. The maximum atomic E-state index is 10.9. The zero-order valence-electron chi connectivity index (χ0n) is 9.81. The first-order valence-corrected chi connectivity index (χ1v) is 5.59. The van der Waals surface area contributed by atoms with E-state index in [4.69, 9.17) is 9.63 Å². The number of aromatic carboxylic acids is 1. The van der Waals surface area contributed by atoms with Crippen molar-refractivity contribution in [2.75, 3.05) is 13.1 Å². The molecule has 1 aliphatic heterocycles. The maximum Gasteiger partial charge on any atom is 0.358 e. The van der Waals surface area contributed by atoms with Crippen LogP contribution in [0.15, 0.2) is 4.52 Å². The average molecular weight is 305 g/mol. The molecule has 2 heterocycles. The summed E-state index contributed by atoms with van der Waals surface area (Å²) in [6, 6.07) is 0. The number of carboxylic acids is 1. The highest BCUT2D eigenvalue weighted by molar-refractivity contribution is 8.93. The van der Waals surface area contributed by atoms with Crippen LogP contribution in [0.25, 0.3) is 0 Å². The van der Waals surface area contributed by atoms with E-state index in [2.05, 4.69) is 10.1 Å². The van der Waals surface area contributed by atoms with E-state index < -0.39 is 5.97 Å². The van der Waals surface area contributed by atoms with Gasteiger partial charge in [0.05, 0.1) is 0 Å². The molecule has 6 heteroatoms. The fourth-order valence-corrected chi connectivity index (χ4v) is 2.09. The van der Waals surface area contributed by atoms with Crippen molar-refractivity contribution in [3.63, 3.8) is 0 Å². The number of aromatic nitrogens is 1. The molecule has 96 valence electrons. The summed E-state index contributed by atoms with van der Waals surface area (Å²) >= 11 is 0. The SMILES string of the molecule is Br.Cc1onc(C(=O)O)c1CN1CCCCC1. The summed E-state index contributed by atoms with van der Waals surface area (Å²) in [6.07, 6.45) is 3.64. The number of hydrogen-bond acceptors (Lipinski definition) is 4. The van der Waals surface area contributed by atoms with Crippen LogP contribution in [0.4, 0.5) is 0 Å². The summed E-state index contributed by atoms with van der Waals surface area (Å²) < 4.78 is 4.94. The lowest BCUT2D eigenvalue weighted by Gasteiger charge is -2.26. The Balaban J connectivity index is 0.00000144. The molecular formula is C11H17BrN2O3. The summed E-state index contributed by atoms with van der Waals surface area (Å²) in [5.74, 6) is -0.396. The summed E-state index contributed by atoms with van der Waals surface area (Å²) in [5.41, 5.74) is 0.775. The van der Waals surface area contributed by atoms with Gasteiger partial charge >= 0.3 is 5.97 Å². The molecule has 1 saturated heterocycles. The first-order valence-electron chi connectivity index (χ1n) is 5.59. The topological polar surface area (TPSA) is 66.6 Å². The van der Waals surface area contributed by atoms with Crippen LogP contribution in [0.2, 0.25) is 0 Å². The van der Waals surface area contributed by atoms with Crippen molar-refractivity contribution in [3.8, 4) is 0 Å². The first kappa shape index (κ1) is 14.2. The minimum Gasteiger partial charge on any atom is -0.476 e. The number of likely N-dealkylation sites (tertiary alicyclic amines) is 1. The van der Waals surface area contributed by atoms with Crippen molar-refractivity contribution in [2.45, 2.75) is 32.7 Å². The molecule has 0 saturated carbocycles. The predicted octanol–water partition coefficient (Wildman–Crippen LogP) is 2.25. The molecule has 1 aromatic heterocycles. The average Bonchev–Trinajstić information content (AvgIpc) is 2.62. The summed E-state index contributed by atoms with van der Waals surface area (Å²) in [6.45, 7) is 4.46. The zero-order valence-corrected chi connectivity index (χ0v) is 11.5. The zero-order chi connectivity index (χ0) is 11.5. The number of carboxylic acid groups (broad SMARTS) is 1. The number of rotatable bonds is 3. The molecule has 2 rings (SSSR count). The van der Waals surface area contributed by atoms with E-state index in [0.29, 0.717) is 12.3 Å². The van der Waals surface area contributed by atoms with Crippen LogP contribution in [0, 0.1) is 6.92 Å². The van der Waals surface area contributed by atoms with Gasteiger partial charge in [0.15, 0.2) is 5.69 Å². The Morgan fingerprint density at radius 1 is 1.41 bits per heavy atom. The first-order chi connectivity index (χ1) is 7.68. The van der Waals surface area contributed by atoms with E-state index >= 15 is 0 Å². The van der Waals surface area contributed by atoms with Crippen molar-refractivity contribution in [1.82, 2.24) is 10.1 Å². The van der Waals surface area contributed by atoms with E-state index in [1.807, 2.05) is 0 Å². The van der Waals surface area contributed by atoms with Crippen LogP contribution in [-0.4, -0.2) is 34.2 Å². The van der Waals surface area contributed by atoms with Gasteiger partial charge in [-0.3, -0.25) is 4.90 Å². The maximum absolute atomic E-state index is 10.9. The van der Waals surface area contributed by atoms with Gasteiger partial charge in [-0.05, 0) is 32.9 Å². The van der Waals surface area contributed by atoms with Crippen molar-refractivity contribution in [2.24, 2.45) is 0 Å². The summed E-state index contributed by atoms with van der Waals surface area (Å²) in [4.78, 5) is 13.2. The Morgan fingerprint density at radius 2 is 2.06 bits per heavy atom. The van der Waals surface area contributed by atoms with Gasteiger partial charge in [0.25, 0.3) is 0 Å². The molecule has 0 atom stereocenters. The Labute approximate surface area is 111 Å². The molecule has 0 amide bonds. The number of nitrogens with zero attached hydrogens (tertiary/aromatic N) is 2. The monoisotopic (exact) mass is 304 g/mol. The van der Waals surface area contributed by atoms with Crippen LogP contribution in [-0.2, 0) is 6.54 Å². The lowest BCUT2D eigenvalue weighted by molar-refractivity contribution is 0.0683. The van der Waals surface area contributed by atoms with Crippen LogP contribution in [0.5, 0.6) is 0 Å². The van der Waals surface area contributed by atoms with Crippen molar-refractivity contribution in [1.29, 1.82) is 0 Å². The highest BCUT2D eigenvalue weighted by atomic mass is 79.9.